The van der Waals surface area contributed by atoms with Crippen molar-refractivity contribution in [2.75, 3.05) is 13.2 Å². The molecule has 0 N–H and O–H groups in total. The zero-order valence-electron chi connectivity index (χ0n) is 16.8. The van der Waals surface area contributed by atoms with Crippen molar-refractivity contribution in [2.45, 2.75) is 20.4 Å². The molecule has 4 rings (SSSR count). The van der Waals surface area contributed by atoms with Crippen molar-refractivity contribution in [1.29, 1.82) is 0 Å². The fourth-order valence-electron chi connectivity index (χ4n) is 3.30. The van der Waals surface area contributed by atoms with Crippen LogP contribution in [0.4, 0.5) is 5.69 Å². The zero-order valence-corrected chi connectivity index (χ0v) is 19.1. The second kappa shape index (κ2) is 8.88. The van der Waals surface area contributed by atoms with Gasteiger partial charge in [-0.3, -0.25) is 14.9 Å². The Morgan fingerprint density at radius 1 is 1.23 bits per heavy atom. The Balaban J connectivity index is 1.80. The molecule has 4 aromatic rings. The summed E-state index contributed by atoms with van der Waals surface area (Å²) in [7, 11) is 0. The summed E-state index contributed by atoms with van der Waals surface area (Å²) < 4.78 is 9.26. The standard InChI is InChI=1S/C21H18ClN3O4S2/c1-3-29-9-8-24-19-12(2)15(22)5-7-17(19)31-21(24)23-20(26)18-11-13-10-14(25(27)28)4-6-16(13)30-18/h4-7,10-11H,3,8-9H2,1-2H3. The third-order valence-corrected chi connectivity index (χ3v) is 7.37. The number of aryl methyl sites for hydroxylation is 1. The Hall–Kier alpha value is -2.59. The first-order valence-electron chi connectivity index (χ1n) is 9.52. The SMILES string of the molecule is CCOCCn1c(=NC(=O)c2cc3cc([N+](=O)[O-])ccc3s2)sc2ccc(Cl)c(C)c21. The van der Waals surface area contributed by atoms with E-state index < -0.39 is 4.92 Å². The molecule has 0 saturated heterocycles. The highest BCUT2D eigenvalue weighted by atomic mass is 35.5. The molecule has 0 aliphatic carbocycles. The maximum absolute atomic E-state index is 13.0. The molecular formula is C21H18ClN3O4S2. The minimum absolute atomic E-state index is 0.00753. The number of non-ortho nitro benzene ring substituents is 1. The lowest BCUT2D eigenvalue weighted by Crippen LogP contribution is -2.20. The molecule has 0 radical (unpaired) electrons. The summed E-state index contributed by atoms with van der Waals surface area (Å²) in [6.45, 7) is 5.50. The number of hydrogen-bond acceptors (Lipinski definition) is 6. The molecule has 31 heavy (non-hydrogen) atoms. The number of amides is 1. The van der Waals surface area contributed by atoms with E-state index in [2.05, 4.69) is 4.99 Å². The molecule has 2 heterocycles. The highest BCUT2D eigenvalue weighted by Gasteiger charge is 2.15. The predicted molar refractivity (Wildman–Crippen MR) is 124 cm³/mol. The van der Waals surface area contributed by atoms with Crippen LogP contribution >= 0.6 is 34.3 Å². The average Bonchev–Trinajstić information content (AvgIpc) is 3.32. The molecule has 0 aliphatic rings. The van der Waals surface area contributed by atoms with Gasteiger partial charge in [-0.05, 0) is 43.7 Å². The monoisotopic (exact) mass is 475 g/mol. The number of halogens is 1. The van der Waals surface area contributed by atoms with Crippen LogP contribution in [-0.4, -0.2) is 28.6 Å². The number of rotatable bonds is 6. The summed E-state index contributed by atoms with van der Waals surface area (Å²) in [5, 5.41) is 12.3. The molecule has 1 amide bonds. The number of nitrogens with zero attached hydrogens (tertiary/aromatic N) is 3. The van der Waals surface area contributed by atoms with Crippen molar-refractivity contribution < 1.29 is 14.5 Å². The van der Waals surface area contributed by atoms with Gasteiger partial charge in [0.25, 0.3) is 11.6 Å². The molecule has 0 unspecified atom stereocenters. The first kappa shape index (κ1) is 21.6. The maximum Gasteiger partial charge on any atom is 0.289 e. The van der Waals surface area contributed by atoms with Gasteiger partial charge in [0.15, 0.2) is 4.80 Å². The summed E-state index contributed by atoms with van der Waals surface area (Å²) in [6.07, 6.45) is 0. The number of carbonyl (C=O) groups excluding carboxylic acids is 1. The van der Waals surface area contributed by atoms with Gasteiger partial charge in [0, 0.05) is 40.4 Å². The van der Waals surface area contributed by atoms with Gasteiger partial charge in [0.05, 0.1) is 26.6 Å². The molecule has 2 aromatic carbocycles. The van der Waals surface area contributed by atoms with Gasteiger partial charge in [-0.2, -0.15) is 4.99 Å². The number of thiophene rings is 1. The van der Waals surface area contributed by atoms with Crippen LogP contribution < -0.4 is 4.80 Å². The largest absolute Gasteiger partial charge is 0.380 e. The van der Waals surface area contributed by atoms with E-state index in [4.69, 9.17) is 16.3 Å². The number of benzene rings is 2. The van der Waals surface area contributed by atoms with Gasteiger partial charge >= 0.3 is 0 Å². The van der Waals surface area contributed by atoms with Crippen molar-refractivity contribution in [3.63, 3.8) is 0 Å². The number of carbonyl (C=O) groups is 1. The van der Waals surface area contributed by atoms with Crippen LogP contribution in [0, 0.1) is 17.0 Å². The Bertz CT molecular complexity index is 1390. The van der Waals surface area contributed by atoms with Gasteiger partial charge < -0.3 is 9.30 Å². The number of nitro benzene ring substituents is 1. The number of thiazole rings is 1. The smallest absolute Gasteiger partial charge is 0.289 e. The maximum atomic E-state index is 13.0. The molecule has 0 saturated carbocycles. The molecule has 0 bridgehead atoms. The second-order valence-corrected chi connectivity index (χ2v) is 9.26. The minimum atomic E-state index is -0.449. The molecule has 2 aromatic heterocycles. The average molecular weight is 476 g/mol. The van der Waals surface area contributed by atoms with E-state index in [0.717, 1.165) is 20.5 Å². The van der Waals surface area contributed by atoms with Crippen LogP contribution in [0.1, 0.15) is 22.2 Å². The summed E-state index contributed by atoms with van der Waals surface area (Å²) in [5.74, 6) is -0.385. The van der Waals surface area contributed by atoms with Crippen LogP contribution in [-0.2, 0) is 11.3 Å². The molecule has 10 heteroatoms. The first-order valence-corrected chi connectivity index (χ1v) is 11.5. The minimum Gasteiger partial charge on any atom is -0.380 e. The van der Waals surface area contributed by atoms with Gasteiger partial charge in [0.1, 0.15) is 0 Å². The van der Waals surface area contributed by atoms with E-state index in [1.54, 1.807) is 12.1 Å². The Morgan fingerprint density at radius 3 is 2.74 bits per heavy atom. The fourth-order valence-corrected chi connectivity index (χ4v) is 5.49. The molecule has 0 aliphatic heterocycles. The van der Waals surface area contributed by atoms with Crippen molar-refractivity contribution in [3.05, 3.63) is 66.8 Å². The van der Waals surface area contributed by atoms with E-state index in [1.807, 2.05) is 30.5 Å². The highest BCUT2D eigenvalue weighted by molar-refractivity contribution is 7.21. The van der Waals surface area contributed by atoms with E-state index in [0.29, 0.717) is 39.8 Å². The normalized spacial score (nSPS) is 12.2. The van der Waals surface area contributed by atoms with Gasteiger partial charge in [-0.1, -0.05) is 22.9 Å². The van der Waals surface area contributed by atoms with Crippen LogP contribution in [0.15, 0.2) is 41.4 Å². The van der Waals surface area contributed by atoms with E-state index in [9.17, 15) is 14.9 Å². The zero-order chi connectivity index (χ0) is 22.1. The molecule has 0 atom stereocenters. The van der Waals surface area contributed by atoms with Crippen LogP contribution in [0.5, 0.6) is 0 Å². The third kappa shape index (κ3) is 4.27. The number of hydrogen-bond donors (Lipinski definition) is 0. The number of fused-ring (bicyclic) bond motifs is 2. The van der Waals surface area contributed by atoms with Gasteiger partial charge in [-0.25, -0.2) is 0 Å². The van der Waals surface area contributed by atoms with E-state index in [1.165, 1.54) is 34.8 Å². The Labute approximate surface area is 190 Å². The lowest BCUT2D eigenvalue weighted by Gasteiger charge is -2.08. The van der Waals surface area contributed by atoms with Crippen molar-refractivity contribution >= 4 is 66.2 Å². The second-order valence-electron chi connectivity index (χ2n) is 6.76. The summed E-state index contributed by atoms with van der Waals surface area (Å²) in [4.78, 5) is 28.9. The third-order valence-electron chi connectivity index (χ3n) is 4.81. The van der Waals surface area contributed by atoms with Crippen molar-refractivity contribution in [1.82, 2.24) is 4.57 Å². The number of aromatic nitrogens is 1. The van der Waals surface area contributed by atoms with Crippen molar-refractivity contribution in [3.8, 4) is 0 Å². The fraction of sp³-hybridized carbons (Fsp3) is 0.238. The molecule has 160 valence electrons. The van der Waals surface area contributed by atoms with Crippen LogP contribution in [0.2, 0.25) is 5.02 Å². The quantitative estimate of drug-likeness (QED) is 0.207. The number of nitro groups is 1. The lowest BCUT2D eigenvalue weighted by molar-refractivity contribution is -0.384. The molecular weight excluding hydrogens is 458 g/mol. The molecule has 7 nitrogen and oxygen atoms in total. The first-order chi connectivity index (χ1) is 14.9. The van der Waals surface area contributed by atoms with Crippen LogP contribution in [0.3, 0.4) is 0 Å². The summed E-state index contributed by atoms with van der Waals surface area (Å²) in [6, 6.07) is 9.97. The van der Waals surface area contributed by atoms with Crippen molar-refractivity contribution in [2.24, 2.45) is 4.99 Å². The topological polar surface area (TPSA) is 86.7 Å². The molecule has 0 fully saturated rings. The summed E-state index contributed by atoms with van der Waals surface area (Å²) in [5.41, 5.74) is 1.86. The summed E-state index contributed by atoms with van der Waals surface area (Å²) >= 11 is 9.01. The molecule has 0 spiro atoms. The Kier molecular flexibility index (Phi) is 6.19. The highest BCUT2D eigenvalue weighted by Crippen LogP contribution is 2.30. The predicted octanol–water partition coefficient (Wildman–Crippen LogP) is 5.57. The Morgan fingerprint density at radius 2 is 2.00 bits per heavy atom. The van der Waals surface area contributed by atoms with E-state index in [-0.39, 0.29) is 11.6 Å². The number of ether oxygens (including phenoxy) is 1. The van der Waals surface area contributed by atoms with E-state index >= 15 is 0 Å². The van der Waals surface area contributed by atoms with Gasteiger partial charge in [-0.15, -0.1) is 11.3 Å². The lowest BCUT2D eigenvalue weighted by atomic mass is 10.2. The van der Waals surface area contributed by atoms with Gasteiger partial charge in [0.2, 0.25) is 0 Å². The van der Waals surface area contributed by atoms with Crippen LogP contribution in [0.25, 0.3) is 20.3 Å².